The van der Waals surface area contributed by atoms with Crippen molar-refractivity contribution in [2.75, 3.05) is 20.7 Å². The Morgan fingerprint density at radius 1 is 1.17 bits per heavy atom. The minimum Gasteiger partial charge on any atom is -0.396 e. The molecule has 0 saturated heterocycles. The van der Waals surface area contributed by atoms with Crippen LogP contribution < -0.4 is 0 Å². The van der Waals surface area contributed by atoms with E-state index in [0.717, 1.165) is 6.42 Å². The fourth-order valence-electron chi connectivity index (χ4n) is 1.44. The van der Waals surface area contributed by atoms with Gasteiger partial charge in [-0.15, -0.1) is 0 Å². The van der Waals surface area contributed by atoms with E-state index in [9.17, 15) is 0 Å². The molecular weight excluding hydrogens is 150 g/mol. The van der Waals surface area contributed by atoms with Crippen LogP contribution >= 0.6 is 0 Å². The van der Waals surface area contributed by atoms with Crippen LogP contribution in [-0.2, 0) is 0 Å². The van der Waals surface area contributed by atoms with E-state index in [1.165, 1.54) is 25.7 Å². The van der Waals surface area contributed by atoms with Gasteiger partial charge in [-0.05, 0) is 26.9 Å². The van der Waals surface area contributed by atoms with Crippen molar-refractivity contribution in [3.05, 3.63) is 0 Å². The van der Waals surface area contributed by atoms with Crippen molar-refractivity contribution in [3.8, 4) is 0 Å². The van der Waals surface area contributed by atoms with Crippen LogP contribution in [0.4, 0.5) is 0 Å². The standard InChI is InChI=1S/C10H23NO/c1-4-5-6-7-10(8-9-12)11(2)3/h10,12H,4-9H2,1-3H3. The van der Waals surface area contributed by atoms with Gasteiger partial charge in [0.25, 0.3) is 0 Å². The van der Waals surface area contributed by atoms with Crippen LogP contribution in [0.3, 0.4) is 0 Å². The van der Waals surface area contributed by atoms with E-state index < -0.39 is 0 Å². The fourth-order valence-corrected chi connectivity index (χ4v) is 1.44. The summed E-state index contributed by atoms with van der Waals surface area (Å²) in [4.78, 5) is 2.21. The fraction of sp³-hybridized carbons (Fsp3) is 1.00. The third-order valence-electron chi connectivity index (χ3n) is 2.33. The molecule has 0 rings (SSSR count). The lowest BCUT2D eigenvalue weighted by molar-refractivity contribution is 0.198. The van der Waals surface area contributed by atoms with E-state index in [1.807, 2.05) is 0 Å². The number of aliphatic hydroxyl groups excluding tert-OH is 1. The van der Waals surface area contributed by atoms with E-state index in [1.54, 1.807) is 0 Å². The van der Waals surface area contributed by atoms with Crippen LogP contribution in [0, 0.1) is 0 Å². The van der Waals surface area contributed by atoms with Gasteiger partial charge in [0, 0.05) is 12.6 Å². The molecule has 0 amide bonds. The molecule has 2 heteroatoms. The Bertz CT molecular complexity index is 93.8. The minimum absolute atomic E-state index is 0.314. The second-order valence-corrected chi connectivity index (χ2v) is 3.63. The van der Waals surface area contributed by atoms with Gasteiger partial charge in [0.2, 0.25) is 0 Å². The van der Waals surface area contributed by atoms with Crippen molar-refractivity contribution >= 4 is 0 Å². The lowest BCUT2D eigenvalue weighted by Gasteiger charge is -2.23. The van der Waals surface area contributed by atoms with Gasteiger partial charge >= 0.3 is 0 Å². The number of nitrogens with zero attached hydrogens (tertiary/aromatic N) is 1. The summed E-state index contributed by atoms with van der Waals surface area (Å²) in [5, 5.41) is 8.82. The largest absolute Gasteiger partial charge is 0.396 e. The Morgan fingerprint density at radius 3 is 2.25 bits per heavy atom. The van der Waals surface area contributed by atoms with Gasteiger partial charge in [-0.2, -0.15) is 0 Å². The normalized spacial score (nSPS) is 13.8. The Hall–Kier alpha value is -0.0800. The maximum absolute atomic E-state index is 8.82. The molecule has 0 saturated carbocycles. The molecule has 1 N–H and O–H groups in total. The van der Waals surface area contributed by atoms with Gasteiger partial charge in [-0.1, -0.05) is 26.2 Å². The first-order chi connectivity index (χ1) is 5.72. The highest BCUT2D eigenvalue weighted by Gasteiger charge is 2.09. The zero-order valence-electron chi connectivity index (χ0n) is 8.71. The molecule has 1 unspecified atom stereocenters. The SMILES string of the molecule is CCCCCC(CCO)N(C)C. The smallest absolute Gasteiger partial charge is 0.0445 e. The van der Waals surface area contributed by atoms with Gasteiger partial charge < -0.3 is 10.0 Å². The minimum atomic E-state index is 0.314. The lowest BCUT2D eigenvalue weighted by Crippen LogP contribution is -2.28. The summed E-state index contributed by atoms with van der Waals surface area (Å²) in [6, 6.07) is 0.571. The highest BCUT2D eigenvalue weighted by Crippen LogP contribution is 2.10. The molecule has 0 aliphatic rings. The van der Waals surface area contributed by atoms with Gasteiger partial charge in [0.15, 0.2) is 0 Å². The van der Waals surface area contributed by atoms with E-state index in [4.69, 9.17) is 5.11 Å². The Kier molecular flexibility index (Phi) is 7.51. The molecule has 0 bridgehead atoms. The third kappa shape index (κ3) is 5.56. The van der Waals surface area contributed by atoms with Gasteiger partial charge in [-0.3, -0.25) is 0 Å². The molecule has 1 atom stereocenters. The molecule has 0 fully saturated rings. The summed E-state index contributed by atoms with van der Waals surface area (Å²) in [6.45, 7) is 2.53. The molecule has 0 radical (unpaired) electrons. The predicted octanol–water partition coefficient (Wildman–Crippen LogP) is 1.88. The van der Waals surface area contributed by atoms with E-state index in [0.29, 0.717) is 12.6 Å². The highest BCUT2D eigenvalue weighted by atomic mass is 16.3. The number of aliphatic hydroxyl groups is 1. The summed E-state index contributed by atoms with van der Waals surface area (Å²) < 4.78 is 0. The molecule has 2 nitrogen and oxygen atoms in total. The van der Waals surface area contributed by atoms with Crippen molar-refractivity contribution in [2.24, 2.45) is 0 Å². The van der Waals surface area contributed by atoms with E-state index in [2.05, 4.69) is 25.9 Å². The summed E-state index contributed by atoms with van der Waals surface area (Å²) in [5.41, 5.74) is 0. The average molecular weight is 173 g/mol. The topological polar surface area (TPSA) is 23.5 Å². The van der Waals surface area contributed by atoms with Crippen LogP contribution in [0.1, 0.15) is 39.0 Å². The molecule has 0 aromatic carbocycles. The van der Waals surface area contributed by atoms with Crippen molar-refractivity contribution in [1.82, 2.24) is 4.90 Å². The maximum atomic E-state index is 8.82. The second kappa shape index (κ2) is 7.56. The molecule has 74 valence electrons. The van der Waals surface area contributed by atoms with E-state index >= 15 is 0 Å². The third-order valence-corrected chi connectivity index (χ3v) is 2.33. The van der Waals surface area contributed by atoms with Gasteiger partial charge in [0.1, 0.15) is 0 Å². The zero-order valence-corrected chi connectivity index (χ0v) is 8.71. The molecule has 0 spiro atoms. The Morgan fingerprint density at radius 2 is 1.83 bits per heavy atom. The zero-order chi connectivity index (χ0) is 9.40. The summed E-state index contributed by atoms with van der Waals surface area (Å²) in [6.07, 6.45) is 6.02. The van der Waals surface area contributed by atoms with Crippen LogP contribution in [-0.4, -0.2) is 36.8 Å². The number of hydrogen-bond acceptors (Lipinski definition) is 2. The first kappa shape index (κ1) is 11.9. The second-order valence-electron chi connectivity index (χ2n) is 3.63. The van der Waals surface area contributed by atoms with Crippen molar-refractivity contribution < 1.29 is 5.11 Å². The quantitative estimate of drug-likeness (QED) is 0.594. The Balaban J connectivity index is 3.49. The lowest BCUT2D eigenvalue weighted by atomic mass is 10.1. The highest BCUT2D eigenvalue weighted by molar-refractivity contribution is 4.65. The monoisotopic (exact) mass is 173 g/mol. The molecule has 0 heterocycles. The number of rotatable bonds is 7. The summed E-state index contributed by atoms with van der Waals surface area (Å²) in [5.74, 6) is 0. The van der Waals surface area contributed by atoms with Crippen molar-refractivity contribution in [1.29, 1.82) is 0 Å². The molecule has 0 aromatic rings. The summed E-state index contributed by atoms with van der Waals surface area (Å²) in [7, 11) is 4.18. The molecule has 0 aliphatic heterocycles. The number of hydrogen-bond donors (Lipinski definition) is 1. The van der Waals surface area contributed by atoms with Gasteiger partial charge in [-0.25, -0.2) is 0 Å². The van der Waals surface area contributed by atoms with Crippen LogP contribution in [0.15, 0.2) is 0 Å². The summed E-state index contributed by atoms with van der Waals surface area (Å²) >= 11 is 0. The van der Waals surface area contributed by atoms with Gasteiger partial charge in [0.05, 0.1) is 0 Å². The van der Waals surface area contributed by atoms with Crippen molar-refractivity contribution in [3.63, 3.8) is 0 Å². The van der Waals surface area contributed by atoms with Crippen molar-refractivity contribution in [2.45, 2.75) is 45.1 Å². The predicted molar refractivity (Wildman–Crippen MR) is 53.3 cm³/mol. The first-order valence-corrected chi connectivity index (χ1v) is 4.99. The van der Waals surface area contributed by atoms with Crippen LogP contribution in [0.5, 0.6) is 0 Å². The van der Waals surface area contributed by atoms with Crippen LogP contribution in [0.25, 0.3) is 0 Å². The molecule has 0 aliphatic carbocycles. The molecule has 0 aromatic heterocycles. The Labute approximate surface area is 76.6 Å². The number of unbranched alkanes of at least 4 members (excludes halogenated alkanes) is 2. The average Bonchev–Trinajstić information content (AvgIpc) is 2.03. The van der Waals surface area contributed by atoms with E-state index in [-0.39, 0.29) is 0 Å². The first-order valence-electron chi connectivity index (χ1n) is 4.99. The van der Waals surface area contributed by atoms with Crippen LogP contribution in [0.2, 0.25) is 0 Å². The maximum Gasteiger partial charge on any atom is 0.0445 e. The molecule has 12 heavy (non-hydrogen) atoms. The molecular formula is C10H23NO.